The number of rotatable bonds is 5. The van der Waals surface area contributed by atoms with E-state index in [-0.39, 0.29) is 5.91 Å². The molecule has 0 aromatic carbocycles. The highest BCUT2D eigenvalue weighted by atomic mass is 16.4. The Morgan fingerprint density at radius 3 is 2.84 bits per heavy atom. The number of nitrogens with one attached hydrogen (secondary N) is 1. The molecule has 2 atom stereocenters. The van der Waals surface area contributed by atoms with E-state index in [9.17, 15) is 14.7 Å². The van der Waals surface area contributed by atoms with E-state index < -0.39 is 11.4 Å². The molecule has 0 saturated carbocycles. The summed E-state index contributed by atoms with van der Waals surface area (Å²) in [6, 6.07) is 0. The maximum atomic E-state index is 12.2. The van der Waals surface area contributed by atoms with Crippen LogP contribution in [0.15, 0.2) is 0 Å². The molecule has 2 rings (SSSR count). The van der Waals surface area contributed by atoms with Crippen LogP contribution in [0.3, 0.4) is 0 Å². The van der Waals surface area contributed by atoms with Crippen LogP contribution in [-0.2, 0) is 9.59 Å². The second kappa shape index (κ2) is 5.90. The fourth-order valence-corrected chi connectivity index (χ4v) is 3.31. The van der Waals surface area contributed by atoms with Crippen molar-refractivity contribution in [1.29, 1.82) is 0 Å². The van der Waals surface area contributed by atoms with E-state index in [0.29, 0.717) is 38.3 Å². The molecule has 0 aromatic heterocycles. The number of aliphatic carboxylic acids is 1. The molecule has 2 aliphatic heterocycles. The van der Waals surface area contributed by atoms with Crippen molar-refractivity contribution in [3.63, 3.8) is 0 Å². The fourth-order valence-electron chi connectivity index (χ4n) is 3.31. The van der Waals surface area contributed by atoms with Gasteiger partial charge in [-0.1, -0.05) is 13.3 Å². The lowest BCUT2D eigenvalue weighted by molar-refractivity contribution is -0.149. The number of carboxylic acid groups (broad SMARTS) is 1. The molecular formula is C14H24N2O3. The first-order valence-corrected chi connectivity index (χ1v) is 7.29. The molecule has 5 heteroatoms. The van der Waals surface area contributed by atoms with E-state index in [1.165, 1.54) is 0 Å². The van der Waals surface area contributed by atoms with Crippen molar-refractivity contribution < 1.29 is 14.7 Å². The fraction of sp³-hybridized carbons (Fsp3) is 0.857. The second-order valence-electron chi connectivity index (χ2n) is 5.96. The Morgan fingerprint density at radius 1 is 1.47 bits per heavy atom. The topological polar surface area (TPSA) is 69.6 Å². The Kier molecular flexibility index (Phi) is 4.45. The van der Waals surface area contributed by atoms with Gasteiger partial charge < -0.3 is 15.3 Å². The van der Waals surface area contributed by atoms with E-state index in [1.54, 1.807) is 4.90 Å². The second-order valence-corrected chi connectivity index (χ2v) is 5.96. The first-order chi connectivity index (χ1) is 9.07. The largest absolute Gasteiger partial charge is 0.481 e. The van der Waals surface area contributed by atoms with Crippen molar-refractivity contribution in [2.45, 2.75) is 39.0 Å². The zero-order valence-electron chi connectivity index (χ0n) is 11.7. The number of carbonyl (C=O) groups excluding carboxylic acids is 1. The predicted molar refractivity (Wildman–Crippen MR) is 71.8 cm³/mol. The molecule has 2 unspecified atom stereocenters. The normalized spacial score (nSPS) is 30.8. The van der Waals surface area contributed by atoms with Crippen LogP contribution in [0.2, 0.25) is 0 Å². The van der Waals surface area contributed by atoms with Crippen LogP contribution >= 0.6 is 0 Å². The molecule has 2 heterocycles. The number of hydrogen-bond acceptors (Lipinski definition) is 3. The quantitative estimate of drug-likeness (QED) is 0.783. The van der Waals surface area contributed by atoms with Crippen LogP contribution in [0.1, 0.15) is 39.0 Å². The smallest absolute Gasteiger partial charge is 0.311 e. The predicted octanol–water partition coefficient (Wildman–Crippen LogP) is 1.09. The highest BCUT2D eigenvalue weighted by molar-refractivity contribution is 5.80. The van der Waals surface area contributed by atoms with Gasteiger partial charge in [0.2, 0.25) is 5.91 Å². The van der Waals surface area contributed by atoms with Crippen molar-refractivity contribution in [1.82, 2.24) is 10.2 Å². The Morgan fingerprint density at radius 2 is 2.26 bits per heavy atom. The van der Waals surface area contributed by atoms with Gasteiger partial charge in [-0.3, -0.25) is 9.59 Å². The van der Waals surface area contributed by atoms with E-state index in [1.807, 2.05) is 6.92 Å². The van der Waals surface area contributed by atoms with Gasteiger partial charge in [-0.05, 0) is 38.3 Å². The Hall–Kier alpha value is -1.10. The molecule has 1 amide bonds. The summed E-state index contributed by atoms with van der Waals surface area (Å²) in [7, 11) is 0. The highest BCUT2D eigenvalue weighted by Gasteiger charge is 2.45. The van der Waals surface area contributed by atoms with Gasteiger partial charge in [0.25, 0.3) is 0 Å². The van der Waals surface area contributed by atoms with Gasteiger partial charge >= 0.3 is 5.97 Å². The van der Waals surface area contributed by atoms with Crippen LogP contribution in [0.25, 0.3) is 0 Å². The lowest BCUT2D eigenvalue weighted by atomic mass is 9.83. The van der Waals surface area contributed by atoms with Gasteiger partial charge in [0.05, 0.1) is 5.41 Å². The highest BCUT2D eigenvalue weighted by Crippen LogP contribution is 2.36. The van der Waals surface area contributed by atoms with Crippen LogP contribution < -0.4 is 5.32 Å². The molecule has 2 saturated heterocycles. The molecular weight excluding hydrogens is 244 g/mol. The minimum Gasteiger partial charge on any atom is -0.481 e. The van der Waals surface area contributed by atoms with E-state index in [4.69, 9.17) is 0 Å². The van der Waals surface area contributed by atoms with Gasteiger partial charge in [0, 0.05) is 19.5 Å². The minimum atomic E-state index is -0.743. The van der Waals surface area contributed by atoms with Gasteiger partial charge in [-0.15, -0.1) is 0 Å². The SMILES string of the molecule is CCCC1(C(=O)O)CCN(C(=O)CC2CCNC2)C1. The molecule has 0 radical (unpaired) electrons. The Labute approximate surface area is 114 Å². The first-order valence-electron chi connectivity index (χ1n) is 7.29. The maximum Gasteiger partial charge on any atom is 0.311 e. The van der Waals surface area contributed by atoms with Gasteiger partial charge in [-0.2, -0.15) is 0 Å². The molecule has 0 aromatic rings. The van der Waals surface area contributed by atoms with E-state index in [0.717, 1.165) is 25.9 Å². The van der Waals surface area contributed by atoms with Crippen LogP contribution in [-0.4, -0.2) is 48.1 Å². The molecule has 2 aliphatic rings. The standard InChI is InChI=1S/C14H24N2O3/c1-2-4-14(13(18)19)5-7-16(10-14)12(17)8-11-3-6-15-9-11/h11,15H,2-10H2,1H3,(H,18,19). The van der Waals surface area contributed by atoms with Crippen molar-refractivity contribution in [2.24, 2.45) is 11.3 Å². The summed E-state index contributed by atoms with van der Waals surface area (Å²) in [6.45, 7) is 4.91. The average molecular weight is 268 g/mol. The molecule has 0 aliphatic carbocycles. The summed E-state index contributed by atoms with van der Waals surface area (Å²) in [5, 5.41) is 12.7. The summed E-state index contributed by atoms with van der Waals surface area (Å²) >= 11 is 0. The molecule has 2 fully saturated rings. The number of likely N-dealkylation sites (tertiary alicyclic amines) is 1. The lowest BCUT2D eigenvalue weighted by Gasteiger charge is -2.24. The molecule has 19 heavy (non-hydrogen) atoms. The van der Waals surface area contributed by atoms with Crippen LogP contribution in [0.4, 0.5) is 0 Å². The van der Waals surface area contributed by atoms with Gasteiger partial charge in [0.1, 0.15) is 0 Å². The van der Waals surface area contributed by atoms with Crippen molar-refractivity contribution in [3.8, 4) is 0 Å². The zero-order chi connectivity index (χ0) is 13.9. The number of carbonyl (C=O) groups is 2. The third-order valence-electron chi connectivity index (χ3n) is 4.51. The molecule has 2 N–H and O–H groups in total. The molecule has 0 bridgehead atoms. The van der Waals surface area contributed by atoms with E-state index in [2.05, 4.69) is 5.32 Å². The number of hydrogen-bond donors (Lipinski definition) is 2. The Bertz CT molecular complexity index is 353. The third kappa shape index (κ3) is 3.08. The summed E-state index contributed by atoms with van der Waals surface area (Å²) in [4.78, 5) is 25.5. The van der Waals surface area contributed by atoms with Gasteiger partial charge in [0.15, 0.2) is 0 Å². The monoisotopic (exact) mass is 268 g/mol. The zero-order valence-corrected chi connectivity index (χ0v) is 11.7. The summed E-state index contributed by atoms with van der Waals surface area (Å²) in [5.41, 5.74) is -0.696. The van der Waals surface area contributed by atoms with Crippen molar-refractivity contribution in [2.75, 3.05) is 26.2 Å². The van der Waals surface area contributed by atoms with Crippen molar-refractivity contribution in [3.05, 3.63) is 0 Å². The van der Waals surface area contributed by atoms with Crippen LogP contribution in [0.5, 0.6) is 0 Å². The van der Waals surface area contributed by atoms with Crippen molar-refractivity contribution >= 4 is 11.9 Å². The number of nitrogens with zero attached hydrogens (tertiary/aromatic N) is 1. The lowest BCUT2D eigenvalue weighted by Crippen LogP contribution is -2.37. The summed E-state index contributed by atoms with van der Waals surface area (Å²) in [6.07, 6.45) is 3.73. The number of carboxylic acids is 1. The average Bonchev–Trinajstić information content (AvgIpc) is 2.99. The maximum absolute atomic E-state index is 12.2. The third-order valence-corrected chi connectivity index (χ3v) is 4.51. The molecule has 0 spiro atoms. The van der Waals surface area contributed by atoms with Gasteiger partial charge in [-0.25, -0.2) is 0 Å². The molecule has 5 nitrogen and oxygen atoms in total. The summed E-state index contributed by atoms with van der Waals surface area (Å²) in [5.74, 6) is -0.182. The summed E-state index contributed by atoms with van der Waals surface area (Å²) < 4.78 is 0. The Balaban J connectivity index is 1.92. The minimum absolute atomic E-state index is 0.132. The van der Waals surface area contributed by atoms with Crippen LogP contribution in [0, 0.1) is 11.3 Å². The van der Waals surface area contributed by atoms with E-state index >= 15 is 0 Å². The molecule has 108 valence electrons. The number of amides is 1. The first kappa shape index (κ1) is 14.3.